The third kappa shape index (κ3) is 33.1. The summed E-state index contributed by atoms with van der Waals surface area (Å²) in [6.45, 7) is 24.8. The van der Waals surface area contributed by atoms with Crippen LogP contribution in [0.15, 0.2) is 207 Å². The summed E-state index contributed by atoms with van der Waals surface area (Å²) >= 11 is 0. The fourth-order valence-electron chi connectivity index (χ4n) is 10.3. The zero-order valence-electron chi connectivity index (χ0n) is 71.6. The van der Waals surface area contributed by atoms with E-state index in [9.17, 15) is 47.9 Å². The van der Waals surface area contributed by atoms with Gasteiger partial charge in [-0.3, -0.25) is 19.2 Å². The zero-order valence-corrected chi connectivity index (χ0v) is 71.6. The standard InChI is InChI=1S/C30H38O8.C28H32O7.C24H25NO4.C15H16O4/c1-6-30(2,3)29(33)37-20-10-8-7-9-19-36-24-15-13-23(14-16-24)28(32)38-25-17-11-22(21-26(25)34-4)12-18-27(31)35-5;1-4-28(2,3)27(31)33-18-8-6-5-7-17-32-22-12-9-20(10-13-22)26(30)34-23-14-15-24-21(19-23)11-16-25(29)35-24;1-4-24(2,3)23(27)29-16-15-28-22(26)14-9-18-5-10-20(11-6-18)21-12-7-19(17-25)8-13-21;1-4-15(2,3)14(17)18-11-7-5-10-6-8-13(16)19-12(10)9-11/h11-18,21H,6-10,19-20H2,1-5H3;9-16,19H,4-8,17-18H2,1-3H3;5-14H,4,15-16H2,1-3H3;5-9H,4H2,1-3H3/b18-12+;;14-9+;. The molecule has 0 spiro atoms. The lowest BCUT2D eigenvalue weighted by molar-refractivity contribution is -0.158. The normalized spacial score (nSPS) is 11.2. The molecule has 121 heavy (non-hydrogen) atoms. The highest BCUT2D eigenvalue weighted by Crippen LogP contribution is 2.32. The Kier molecular flexibility index (Phi) is 39.1. The Labute approximate surface area is 707 Å². The van der Waals surface area contributed by atoms with E-state index in [-0.39, 0.29) is 42.8 Å². The van der Waals surface area contributed by atoms with Crippen molar-refractivity contribution in [3.05, 3.63) is 237 Å². The smallest absolute Gasteiger partial charge is 0.343 e. The number of fused-ring (bicyclic) bond motifs is 2. The van der Waals surface area contributed by atoms with Crippen LogP contribution in [0, 0.1) is 33.0 Å². The van der Waals surface area contributed by atoms with Crippen LogP contribution in [0.4, 0.5) is 0 Å². The third-order valence-electron chi connectivity index (χ3n) is 19.8. The van der Waals surface area contributed by atoms with E-state index in [4.69, 9.17) is 61.5 Å². The van der Waals surface area contributed by atoms with Crippen LogP contribution in [-0.2, 0) is 52.5 Å². The lowest BCUT2D eigenvalue weighted by Crippen LogP contribution is -2.28. The van der Waals surface area contributed by atoms with Gasteiger partial charge in [-0.15, -0.1) is 0 Å². The number of carbonyl (C=O) groups excluding carboxylic acids is 8. The first kappa shape index (κ1) is 96.9. The van der Waals surface area contributed by atoms with Crippen molar-refractivity contribution in [1.82, 2.24) is 0 Å². The number of esters is 8. The first-order valence-corrected chi connectivity index (χ1v) is 40.4. The predicted octanol–water partition coefficient (Wildman–Crippen LogP) is 19.8. The number of hydrogen-bond donors (Lipinski definition) is 0. The average Bonchev–Trinajstić information content (AvgIpc) is 0.830. The molecule has 0 radical (unpaired) electrons. The quantitative estimate of drug-likeness (QED) is 0.00866. The predicted molar refractivity (Wildman–Crippen MR) is 461 cm³/mol. The van der Waals surface area contributed by atoms with Gasteiger partial charge in [0.1, 0.15) is 47.4 Å². The van der Waals surface area contributed by atoms with Gasteiger partial charge in [-0.05, 0) is 282 Å². The molecular weight excluding hydrogens is 1550 g/mol. The second kappa shape index (κ2) is 48.8. The third-order valence-corrected chi connectivity index (χ3v) is 19.8. The van der Waals surface area contributed by atoms with E-state index in [0.29, 0.717) is 107 Å². The number of nitriles is 1. The number of ether oxygens (including phenoxy) is 11. The van der Waals surface area contributed by atoms with Crippen LogP contribution in [0.2, 0.25) is 0 Å². The van der Waals surface area contributed by atoms with Gasteiger partial charge in [-0.25, -0.2) is 28.8 Å². The van der Waals surface area contributed by atoms with Crippen LogP contribution in [0.3, 0.4) is 0 Å². The molecule has 0 saturated heterocycles. The fourth-order valence-corrected chi connectivity index (χ4v) is 10.3. The van der Waals surface area contributed by atoms with Crippen LogP contribution >= 0.6 is 0 Å². The van der Waals surface area contributed by atoms with Crippen LogP contribution in [0.5, 0.6) is 34.5 Å². The lowest BCUT2D eigenvalue weighted by atomic mass is 9.91. The molecule has 2 heterocycles. The second-order valence-electron chi connectivity index (χ2n) is 30.6. The van der Waals surface area contributed by atoms with Crippen molar-refractivity contribution >= 4 is 81.8 Å². The molecule has 0 saturated carbocycles. The van der Waals surface area contributed by atoms with Crippen molar-refractivity contribution in [2.24, 2.45) is 21.7 Å². The number of methoxy groups -OCH3 is 2. The SMILES string of the molecule is CCC(C)(C)C(=O)OCCCCCCOc1ccc(C(=O)Oc2ccc(/C=C/C(=O)OC)cc2OC)cc1.CCC(C)(C)C(=O)OCCCCCCOc1ccc(C(=O)Oc2ccc3oc(=O)ccc3c2)cc1.CCC(C)(C)C(=O)OCCOC(=O)/C=C/c1ccc(-c2ccc(C#N)cc2)cc1.CCC(C)(C)C(=O)Oc1ccc2ccc(=O)oc2c1. The number of hydrogen-bond acceptors (Lipinski definition) is 24. The van der Waals surface area contributed by atoms with Crippen molar-refractivity contribution in [1.29, 1.82) is 5.26 Å². The van der Waals surface area contributed by atoms with Gasteiger partial charge in [0.25, 0.3) is 0 Å². The maximum Gasteiger partial charge on any atom is 0.343 e. The first-order valence-electron chi connectivity index (χ1n) is 40.4. The van der Waals surface area contributed by atoms with E-state index < -0.39 is 56.8 Å². The summed E-state index contributed by atoms with van der Waals surface area (Å²) in [5.74, 6) is -0.159. The fraction of sp³-hybridized carbons (Fsp3) is 0.371. The highest BCUT2D eigenvalue weighted by Gasteiger charge is 2.30. The molecule has 0 atom stereocenters. The topological polar surface area (TPSA) is 322 Å². The van der Waals surface area contributed by atoms with Gasteiger partial charge >= 0.3 is 59.0 Å². The largest absolute Gasteiger partial charge is 0.494 e. The Morgan fingerprint density at radius 1 is 0.372 bits per heavy atom. The molecule has 7 aromatic carbocycles. The molecule has 0 N–H and O–H groups in total. The van der Waals surface area contributed by atoms with Gasteiger partial charge in [0.05, 0.1) is 85.1 Å². The van der Waals surface area contributed by atoms with Crippen molar-refractivity contribution in [2.45, 2.75) is 160 Å². The van der Waals surface area contributed by atoms with Gasteiger partial charge in [-0.2, -0.15) is 5.26 Å². The summed E-state index contributed by atoms with van der Waals surface area (Å²) < 4.78 is 68.6. The van der Waals surface area contributed by atoms with Crippen LogP contribution in [0.25, 0.3) is 45.2 Å². The number of carbonyl (C=O) groups is 8. The minimum absolute atomic E-state index is 0.0202. The second-order valence-corrected chi connectivity index (χ2v) is 30.6. The first-order chi connectivity index (χ1) is 57.7. The molecule has 24 nitrogen and oxygen atoms in total. The van der Waals surface area contributed by atoms with E-state index in [0.717, 1.165) is 86.3 Å². The summed E-state index contributed by atoms with van der Waals surface area (Å²) in [6, 6.07) is 51.4. The minimum Gasteiger partial charge on any atom is -0.494 e. The summed E-state index contributed by atoms with van der Waals surface area (Å²) in [5.41, 5.74) is 3.04. The summed E-state index contributed by atoms with van der Waals surface area (Å²) in [7, 11) is 2.77. The Hall–Kier alpha value is -12.9. The number of unbranched alkanes of at least 4 members (excludes halogenated alkanes) is 6. The molecule has 642 valence electrons. The summed E-state index contributed by atoms with van der Waals surface area (Å²) in [5, 5.41) is 10.3. The molecule has 0 amide bonds. The molecular formula is C97H111NO23. The van der Waals surface area contributed by atoms with Gasteiger partial charge in [0, 0.05) is 41.1 Å². The van der Waals surface area contributed by atoms with E-state index in [1.165, 1.54) is 38.5 Å². The lowest BCUT2D eigenvalue weighted by Gasteiger charge is -2.20. The summed E-state index contributed by atoms with van der Waals surface area (Å²) in [4.78, 5) is 118. The van der Waals surface area contributed by atoms with Crippen LogP contribution in [-0.4, -0.2) is 102 Å². The van der Waals surface area contributed by atoms with E-state index >= 15 is 0 Å². The van der Waals surface area contributed by atoms with Crippen molar-refractivity contribution in [3.63, 3.8) is 0 Å². The van der Waals surface area contributed by atoms with Gasteiger partial charge in [0.2, 0.25) is 0 Å². The molecule has 2 aromatic heterocycles. The van der Waals surface area contributed by atoms with Crippen molar-refractivity contribution in [3.8, 4) is 51.7 Å². The van der Waals surface area contributed by atoms with E-state index in [2.05, 4.69) is 10.8 Å². The molecule has 9 rings (SSSR count). The van der Waals surface area contributed by atoms with Gasteiger partial charge in [0.15, 0.2) is 11.5 Å². The Balaban J connectivity index is 0.000000256. The maximum atomic E-state index is 12.6. The zero-order chi connectivity index (χ0) is 88.6. The molecule has 0 aliphatic carbocycles. The van der Waals surface area contributed by atoms with Crippen molar-refractivity contribution in [2.75, 3.05) is 53.9 Å². The molecule has 9 aromatic rings. The average molecular weight is 1660 g/mol. The minimum atomic E-state index is -0.535. The van der Waals surface area contributed by atoms with Crippen LogP contribution in [0.1, 0.15) is 198 Å². The van der Waals surface area contributed by atoms with E-state index in [1.807, 2.05) is 119 Å². The molecule has 0 aliphatic rings. The highest BCUT2D eigenvalue weighted by atomic mass is 16.6. The van der Waals surface area contributed by atoms with Crippen molar-refractivity contribution < 1.29 is 99.3 Å². The summed E-state index contributed by atoms with van der Waals surface area (Å²) in [6.07, 6.45) is 16.1. The molecule has 0 bridgehead atoms. The highest BCUT2D eigenvalue weighted by molar-refractivity contribution is 5.93. The Morgan fingerprint density at radius 2 is 0.785 bits per heavy atom. The van der Waals surface area contributed by atoms with Crippen LogP contribution < -0.4 is 39.7 Å². The van der Waals surface area contributed by atoms with Gasteiger partial charge in [-0.1, -0.05) is 70.2 Å². The number of rotatable bonds is 38. The Bertz CT molecular complexity index is 5120. The van der Waals surface area contributed by atoms with E-state index in [1.54, 1.807) is 140 Å². The molecule has 0 fully saturated rings. The number of benzene rings is 7. The number of nitrogens with zero attached hydrogens (tertiary/aromatic N) is 1. The molecule has 0 unspecified atom stereocenters. The monoisotopic (exact) mass is 1660 g/mol. The Morgan fingerprint density at radius 3 is 1.29 bits per heavy atom. The maximum absolute atomic E-state index is 12.6. The van der Waals surface area contributed by atoms with Gasteiger partial charge < -0.3 is 60.9 Å². The molecule has 0 aliphatic heterocycles. The molecule has 24 heteroatoms.